The van der Waals surface area contributed by atoms with Crippen LogP contribution in [0.4, 0.5) is 0 Å². The zero-order chi connectivity index (χ0) is 16.1. The number of carbonyl (C=O) groups is 1. The molecule has 0 fully saturated rings. The number of rotatable bonds is 4. The Morgan fingerprint density at radius 1 is 1.64 bits per heavy atom. The van der Waals surface area contributed by atoms with Gasteiger partial charge in [0.2, 0.25) is 0 Å². The van der Waals surface area contributed by atoms with E-state index >= 15 is 0 Å². The lowest BCUT2D eigenvalue weighted by Gasteiger charge is -2.09. The largest absolute Gasteiger partial charge is 0.480 e. The van der Waals surface area contributed by atoms with E-state index in [1.807, 2.05) is 6.07 Å². The van der Waals surface area contributed by atoms with Gasteiger partial charge in [0.05, 0.1) is 5.69 Å². The molecule has 110 valence electrons. The molecular formula is C15H11N3O3S. The number of nitrogens with one attached hydrogen (secondary N) is 1. The number of H-pyrrole nitrogens is 1. The van der Waals surface area contributed by atoms with Crippen molar-refractivity contribution in [2.45, 2.75) is 23.8 Å². The van der Waals surface area contributed by atoms with Gasteiger partial charge in [0, 0.05) is 6.42 Å². The maximum Gasteiger partial charge on any atom is 0.316 e. The molecule has 1 aliphatic carbocycles. The third kappa shape index (κ3) is 3.46. The van der Waals surface area contributed by atoms with Gasteiger partial charge in [-0.2, -0.15) is 5.26 Å². The number of hydrogen-bond acceptors (Lipinski definition) is 5. The molecule has 0 aliphatic heterocycles. The van der Waals surface area contributed by atoms with Crippen molar-refractivity contribution in [2.75, 3.05) is 0 Å². The summed E-state index contributed by atoms with van der Waals surface area (Å²) in [5.41, 5.74) is 0.200. The Kier molecular flexibility index (Phi) is 4.82. The number of aromatic amines is 1. The Hall–Kier alpha value is -2.77. The molecule has 0 amide bonds. The molecule has 0 saturated heterocycles. The van der Waals surface area contributed by atoms with Gasteiger partial charge in [-0.05, 0) is 18.6 Å². The van der Waals surface area contributed by atoms with Crippen LogP contribution in [0.3, 0.4) is 0 Å². The number of hydrogen-bond donors (Lipinski definition) is 2. The molecule has 6 nitrogen and oxygen atoms in total. The first kappa shape index (κ1) is 15.6. The molecule has 0 radical (unpaired) electrons. The van der Waals surface area contributed by atoms with Crippen LogP contribution in [-0.4, -0.2) is 26.3 Å². The SMILES string of the molecule is CC(Sc1nc(C2=CC=CC#CC2)c(C#N)c(=O)[nH]1)C(=O)O. The summed E-state index contributed by atoms with van der Waals surface area (Å²) in [7, 11) is 0. The van der Waals surface area contributed by atoms with Gasteiger partial charge in [-0.25, -0.2) is 4.98 Å². The Bertz CT molecular complexity index is 834. The van der Waals surface area contributed by atoms with Crippen LogP contribution in [0, 0.1) is 23.2 Å². The van der Waals surface area contributed by atoms with Gasteiger partial charge in [-0.1, -0.05) is 35.8 Å². The molecule has 1 atom stereocenters. The normalized spacial score (nSPS) is 14.1. The highest BCUT2D eigenvalue weighted by atomic mass is 32.2. The van der Waals surface area contributed by atoms with E-state index in [0.717, 1.165) is 11.8 Å². The summed E-state index contributed by atoms with van der Waals surface area (Å²) >= 11 is 0.912. The van der Waals surface area contributed by atoms with E-state index in [4.69, 9.17) is 10.4 Å². The maximum atomic E-state index is 12.0. The van der Waals surface area contributed by atoms with E-state index in [1.54, 1.807) is 18.2 Å². The lowest BCUT2D eigenvalue weighted by atomic mass is 10.1. The fourth-order valence-corrected chi connectivity index (χ4v) is 2.43. The van der Waals surface area contributed by atoms with Crippen molar-refractivity contribution < 1.29 is 9.90 Å². The third-order valence-corrected chi connectivity index (χ3v) is 3.78. The number of aliphatic carboxylic acids is 1. The maximum absolute atomic E-state index is 12.0. The first-order valence-corrected chi connectivity index (χ1v) is 7.19. The highest BCUT2D eigenvalue weighted by molar-refractivity contribution is 8.00. The summed E-state index contributed by atoms with van der Waals surface area (Å²) in [5, 5.41) is 17.5. The summed E-state index contributed by atoms with van der Waals surface area (Å²) in [6, 6.07) is 1.84. The second kappa shape index (κ2) is 6.79. The predicted molar refractivity (Wildman–Crippen MR) is 82.0 cm³/mol. The van der Waals surface area contributed by atoms with Crippen molar-refractivity contribution in [1.82, 2.24) is 9.97 Å². The molecule has 0 bridgehead atoms. The highest BCUT2D eigenvalue weighted by Gasteiger charge is 2.19. The van der Waals surface area contributed by atoms with Gasteiger partial charge in [0.15, 0.2) is 5.16 Å². The molecule has 1 unspecified atom stereocenters. The fraction of sp³-hybridized carbons (Fsp3) is 0.200. The summed E-state index contributed by atoms with van der Waals surface area (Å²) in [4.78, 5) is 29.6. The zero-order valence-corrected chi connectivity index (χ0v) is 12.4. The molecular weight excluding hydrogens is 302 g/mol. The average molecular weight is 313 g/mol. The second-order valence-corrected chi connectivity index (χ2v) is 5.68. The number of aromatic nitrogens is 2. The molecule has 2 N–H and O–H groups in total. The number of carboxylic acid groups (broad SMARTS) is 1. The van der Waals surface area contributed by atoms with Crippen molar-refractivity contribution in [1.29, 1.82) is 5.26 Å². The Morgan fingerprint density at radius 3 is 3.09 bits per heavy atom. The quantitative estimate of drug-likeness (QED) is 0.496. The summed E-state index contributed by atoms with van der Waals surface area (Å²) in [6.07, 6.45) is 5.46. The molecule has 0 spiro atoms. The van der Waals surface area contributed by atoms with Crippen LogP contribution in [0.25, 0.3) is 5.57 Å². The van der Waals surface area contributed by atoms with Gasteiger partial charge >= 0.3 is 5.97 Å². The van der Waals surface area contributed by atoms with E-state index in [-0.39, 0.29) is 16.4 Å². The molecule has 0 aromatic carbocycles. The monoisotopic (exact) mass is 313 g/mol. The summed E-state index contributed by atoms with van der Waals surface area (Å²) in [5.74, 6) is 4.66. The first-order chi connectivity index (χ1) is 10.5. The molecule has 1 aromatic rings. The van der Waals surface area contributed by atoms with Crippen LogP contribution in [0.15, 0.2) is 28.2 Å². The van der Waals surface area contributed by atoms with Gasteiger partial charge in [-0.15, -0.1) is 0 Å². The third-order valence-electron chi connectivity index (χ3n) is 2.81. The molecule has 7 heteroatoms. The van der Waals surface area contributed by atoms with E-state index < -0.39 is 16.8 Å². The molecule has 22 heavy (non-hydrogen) atoms. The minimum Gasteiger partial charge on any atom is -0.480 e. The van der Waals surface area contributed by atoms with Crippen LogP contribution >= 0.6 is 11.8 Å². The smallest absolute Gasteiger partial charge is 0.316 e. The van der Waals surface area contributed by atoms with Crippen molar-refractivity contribution in [2.24, 2.45) is 0 Å². The van der Waals surface area contributed by atoms with E-state index in [1.165, 1.54) is 6.92 Å². The number of thioether (sulfide) groups is 1. The zero-order valence-electron chi connectivity index (χ0n) is 11.6. The predicted octanol–water partition coefficient (Wildman–Crippen LogP) is 1.55. The average Bonchev–Trinajstić information content (AvgIpc) is 2.75. The topological polar surface area (TPSA) is 107 Å². The van der Waals surface area contributed by atoms with Crippen molar-refractivity contribution in [3.05, 3.63) is 39.8 Å². The summed E-state index contributed by atoms with van der Waals surface area (Å²) in [6.45, 7) is 1.49. The van der Waals surface area contributed by atoms with E-state index in [9.17, 15) is 9.59 Å². The van der Waals surface area contributed by atoms with Crippen LogP contribution in [-0.2, 0) is 4.79 Å². The molecule has 1 aromatic heterocycles. The Morgan fingerprint density at radius 2 is 2.41 bits per heavy atom. The van der Waals surface area contributed by atoms with E-state index in [0.29, 0.717) is 12.0 Å². The second-order valence-electron chi connectivity index (χ2n) is 4.35. The highest BCUT2D eigenvalue weighted by Crippen LogP contribution is 2.23. The fourth-order valence-electron chi connectivity index (χ4n) is 1.70. The standard InChI is InChI=1S/C15H11N3O3S/c1-9(14(20)21)22-15-17-12(11(8-16)13(19)18-15)10-6-4-2-3-5-7-10/h2,4,6,9H,7H2,1H3,(H,20,21)(H,17,18,19). The van der Waals surface area contributed by atoms with Crippen LogP contribution in [0.1, 0.15) is 24.6 Å². The van der Waals surface area contributed by atoms with E-state index in [2.05, 4.69) is 21.8 Å². The minimum absolute atomic E-state index is 0.101. The number of nitriles is 1. The van der Waals surface area contributed by atoms with Crippen LogP contribution < -0.4 is 5.56 Å². The van der Waals surface area contributed by atoms with Crippen molar-refractivity contribution in [3.8, 4) is 17.9 Å². The number of carboxylic acids is 1. The number of nitrogens with zero attached hydrogens (tertiary/aromatic N) is 2. The van der Waals surface area contributed by atoms with Crippen molar-refractivity contribution >= 4 is 23.3 Å². The first-order valence-electron chi connectivity index (χ1n) is 6.31. The molecule has 1 aliphatic rings. The van der Waals surface area contributed by atoms with Crippen LogP contribution in [0.5, 0.6) is 0 Å². The van der Waals surface area contributed by atoms with Gasteiger partial charge in [0.1, 0.15) is 16.9 Å². The molecule has 1 heterocycles. The summed E-state index contributed by atoms with van der Waals surface area (Å²) < 4.78 is 0. The van der Waals surface area contributed by atoms with Gasteiger partial charge in [-0.3, -0.25) is 9.59 Å². The van der Waals surface area contributed by atoms with Crippen molar-refractivity contribution in [3.63, 3.8) is 0 Å². The Labute approximate surface area is 130 Å². The van der Waals surface area contributed by atoms with Crippen LogP contribution in [0.2, 0.25) is 0 Å². The molecule has 0 saturated carbocycles. The van der Waals surface area contributed by atoms with Gasteiger partial charge in [0.25, 0.3) is 5.56 Å². The lowest BCUT2D eigenvalue weighted by molar-refractivity contribution is -0.136. The molecule has 2 rings (SSSR count). The minimum atomic E-state index is -1.01. The lowest BCUT2D eigenvalue weighted by Crippen LogP contribution is -2.19. The number of allylic oxidation sites excluding steroid dienone is 4. The Balaban J connectivity index is 2.51. The van der Waals surface area contributed by atoms with Gasteiger partial charge < -0.3 is 10.1 Å².